The van der Waals surface area contributed by atoms with Crippen molar-refractivity contribution >= 4 is 8.07 Å². The lowest BCUT2D eigenvalue weighted by Gasteiger charge is -2.45. The molecule has 2 aromatic rings. The predicted molar refractivity (Wildman–Crippen MR) is 87.8 cm³/mol. The molecule has 1 N–H and O–H groups in total. The number of aliphatic hydroxyl groups is 1. The maximum atomic E-state index is 13.3. The quantitative estimate of drug-likeness (QED) is 0.859. The molecule has 22 heavy (non-hydrogen) atoms. The fourth-order valence-corrected chi connectivity index (χ4v) is 5.02. The van der Waals surface area contributed by atoms with Crippen molar-refractivity contribution in [2.75, 3.05) is 0 Å². The summed E-state index contributed by atoms with van der Waals surface area (Å²) in [7, 11) is -1.62. The van der Waals surface area contributed by atoms with Crippen molar-refractivity contribution in [3.8, 4) is 0 Å². The summed E-state index contributed by atoms with van der Waals surface area (Å²) in [5, 5.41) is 15.8. The first-order valence-electron chi connectivity index (χ1n) is 7.40. The molecular formula is C16H24FN3OSi. The predicted octanol–water partition coefficient (Wildman–Crippen LogP) is 3.38. The van der Waals surface area contributed by atoms with Crippen molar-refractivity contribution in [1.29, 1.82) is 0 Å². The number of benzene rings is 1. The van der Waals surface area contributed by atoms with Gasteiger partial charge in [-0.15, -0.1) is 0 Å². The highest BCUT2D eigenvalue weighted by atomic mass is 28.3. The van der Waals surface area contributed by atoms with Crippen LogP contribution in [0.15, 0.2) is 36.9 Å². The minimum atomic E-state index is -1.62. The second-order valence-corrected chi connectivity index (χ2v) is 13.0. The van der Waals surface area contributed by atoms with Crippen LogP contribution in [0, 0.1) is 5.82 Å². The Morgan fingerprint density at radius 1 is 1.18 bits per heavy atom. The molecule has 0 aliphatic heterocycles. The van der Waals surface area contributed by atoms with E-state index in [4.69, 9.17) is 0 Å². The van der Waals surface area contributed by atoms with E-state index in [0.29, 0.717) is 11.6 Å². The SMILES string of the molecule is CC(C)(n1cncn1)C(O)(C[Si](C)(C)C)c1ccc(F)cc1. The van der Waals surface area contributed by atoms with Crippen molar-refractivity contribution in [3.63, 3.8) is 0 Å². The minimum absolute atomic E-state index is 0.308. The van der Waals surface area contributed by atoms with Gasteiger partial charge in [-0.25, -0.2) is 14.1 Å². The molecule has 1 atom stereocenters. The first-order chi connectivity index (χ1) is 10.1. The van der Waals surface area contributed by atoms with E-state index in [1.54, 1.807) is 23.1 Å². The van der Waals surface area contributed by atoms with Crippen LogP contribution in [0.5, 0.6) is 0 Å². The van der Waals surface area contributed by atoms with Gasteiger partial charge in [-0.05, 0) is 37.6 Å². The van der Waals surface area contributed by atoms with E-state index in [1.165, 1.54) is 18.5 Å². The number of halogens is 1. The second-order valence-electron chi connectivity index (χ2n) is 7.50. The Balaban J connectivity index is 2.57. The first-order valence-corrected chi connectivity index (χ1v) is 11.1. The molecule has 0 amide bonds. The highest BCUT2D eigenvalue weighted by molar-refractivity contribution is 6.76. The van der Waals surface area contributed by atoms with Crippen LogP contribution in [0.2, 0.25) is 25.7 Å². The van der Waals surface area contributed by atoms with Crippen LogP contribution in [0.25, 0.3) is 0 Å². The normalized spacial score (nSPS) is 15.6. The van der Waals surface area contributed by atoms with Crippen molar-refractivity contribution in [3.05, 3.63) is 48.3 Å². The topological polar surface area (TPSA) is 50.9 Å². The van der Waals surface area contributed by atoms with E-state index in [-0.39, 0.29) is 5.82 Å². The third-order valence-electron chi connectivity index (χ3n) is 4.11. The number of hydrogen-bond donors (Lipinski definition) is 1. The monoisotopic (exact) mass is 321 g/mol. The molecule has 1 aromatic carbocycles. The standard InChI is InChI=1S/C16H24FN3OSi/c1-15(2,20-12-18-11-19-20)16(21,10-22(3,4)5)13-6-8-14(17)9-7-13/h6-9,11-12,21H,10H2,1-5H3. The van der Waals surface area contributed by atoms with Crippen LogP contribution >= 0.6 is 0 Å². The molecule has 1 unspecified atom stereocenters. The zero-order valence-electron chi connectivity index (χ0n) is 13.8. The smallest absolute Gasteiger partial charge is 0.137 e. The molecular weight excluding hydrogens is 297 g/mol. The number of aromatic nitrogens is 3. The van der Waals surface area contributed by atoms with Crippen molar-refractivity contribution in [2.24, 2.45) is 0 Å². The highest BCUT2D eigenvalue weighted by Gasteiger charge is 2.49. The Labute approximate surface area is 132 Å². The van der Waals surface area contributed by atoms with Crippen LogP contribution in [0.3, 0.4) is 0 Å². The molecule has 0 bridgehead atoms. The van der Waals surface area contributed by atoms with Crippen molar-refractivity contribution in [1.82, 2.24) is 14.8 Å². The summed E-state index contributed by atoms with van der Waals surface area (Å²) in [6, 6.07) is 6.74. The molecule has 6 heteroatoms. The van der Waals surface area contributed by atoms with Crippen molar-refractivity contribution in [2.45, 2.75) is 50.7 Å². The summed E-state index contributed by atoms with van der Waals surface area (Å²) in [4.78, 5) is 4.00. The average molecular weight is 321 g/mol. The summed E-state index contributed by atoms with van der Waals surface area (Å²) in [5.41, 5.74) is -1.16. The highest BCUT2D eigenvalue weighted by Crippen LogP contribution is 2.43. The summed E-state index contributed by atoms with van der Waals surface area (Å²) >= 11 is 0. The molecule has 0 aliphatic carbocycles. The fraction of sp³-hybridized carbons (Fsp3) is 0.500. The number of hydrogen-bond acceptors (Lipinski definition) is 3. The van der Waals surface area contributed by atoms with Crippen LogP contribution in [0.4, 0.5) is 4.39 Å². The zero-order chi connectivity index (χ0) is 16.6. The summed E-state index contributed by atoms with van der Waals surface area (Å²) in [5.74, 6) is -0.308. The molecule has 2 rings (SSSR count). The van der Waals surface area contributed by atoms with E-state index >= 15 is 0 Å². The molecule has 1 aromatic heterocycles. The summed E-state index contributed by atoms with van der Waals surface area (Å²) < 4.78 is 15.0. The summed E-state index contributed by atoms with van der Waals surface area (Å²) in [6.07, 6.45) is 3.07. The van der Waals surface area contributed by atoms with E-state index < -0.39 is 19.2 Å². The molecule has 120 valence electrons. The summed E-state index contributed by atoms with van der Waals surface area (Å²) in [6.45, 7) is 10.5. The maximum absolute atomic E-state index is 13.3. The van der Waals surface area contributed by atoms with E-state index in [0.717, 1.165) is 0 Å². The molecule has 0 saturated heterocycles. The van der Waals surface area contributed by atoms with Gasteiger partial charge in [0.15, 0.2) is 0 Å². The number of nitrogens with zero attached hydrogens (tertiary/aromatic N) is 3. The van der Waals surface area contributed by atoms with Gasteiger partial charge < -0.3 is 5.11 Å². The molecule has 4 nitrogen and oxygen atoms in total. The largest absolute Gasteiger partial charge is 0.383 e. The molecule has 0 spiro atoms. The Kier molecular flexibility index (Phi) is 4.28. The van der Waals surface area contributed by atoms with Gasteiger partial charge in [0.25, 0.3) is 0 Å². The van der Waals surface area contributed by atoms with Gasteiger partial charge in [0.1, 0.15) is 24.1 Å². The third-order valence-corrected chi connectivity index (χ3v) is 5.68. The third kappa shape index (κ3) is 3.12. The Morgan fingerprint density at radius 3 is 2.23 bits per heavy atom. The van der Waals surface area contributed by atoms with Crippen LogP contribution in [-0.4, -0.2) is 27.9 Å². The van der Waals surface area contributed by atoms with Crippen LogP contribution in [-0.2, 0) is 11.1 Å². The molecule has 0 radical (unpaired) electrons. The van der Waals surface area contributed by atoms with E-state index in [2.05, 4.69) is 29.7 Å². The number of rotatable bonds is 5. The Morgan fingerprint density at radius 2 is 1.77 bits per heavy atom. The fourth-order valence-electron chi connectivity index (χ4n) is 2.85. The van der Waals surface area contributed by atoms with Crippen molar-refractivity contribution < 1.29 is 9.50 Å². The van der Waals surface area contributed by atoms with Gasteiger partial charge >= 0.3 is 0 Å². The Bertz CT molecular complexity index is 620. The zero-order valence-corrected chi connectivity index (χ0v) is 14.8. The first kappa shape index (κ1) is 16.8. The molecule has 0 saturated carbocycles. The van der Waals surface area contributed by atoms with Crippen LogP contribution < -0.4 is 0 Å². The van der Waals surface area contributed by atoms with Crippen LogP contribution in [0.1, 0.15) is 19.4 Å². The molecule has 1 heterocycles. The minimum Gasteiger partial charge on any atom is -0.383 e. The van der Waals surface area contributed by atoms with Gasteiger partial charge in [0.2, 0.25) is 0 Å². The molecule has 0 fully saturated rings. The van der Waals surface area contributed by atoms with E-state index in [9.17, 15) is 9.50 Å². The van der Waals surface area contributed by atoms with E-state index in [1.807, 2.05) is 13.8 Å². The molecule has 0 aliphatic rings. The van der Waals surface area contributed by atoms with Gasteiger partial charge in [-0.2, -0.15) is 5.10 Å². The van der Waals surface area contributed by atoms with Gasteiger partial charge in [-0.1, -0.05) is 31.8 Å². The lowest BCUT2D eigenvalue weighted by molar-refractivity contribution is -0.0555. The average Bonchev–Trinajstić information content (AvgIpc) is 2.91. The second kappa shape index (κ2) is 5.59. The maximum Gasteiger partial charge on any atom is 0.137 e. The Hall–Kier alpha value is -1.53. The lowest BCUT2D eigenvalue weighted by atomic mass is 9.78. The van der Waals surface area contributed by atoms with Gasteiger partial charge in [-0.3, -0.25) is 0 Å². The lowest BCUT2D eigenvalue weighted by Crippen LogP contribution is -2.52. The van der Waals surface area contributed by atoms with Gasteiger partial charge in [0.05, 0.1) is 5.54 Å². The van der Waals surface area contributed by atoms with Gasteiger partial charge in [0, 0.05) is 8.07 Å².